The van der Waals surface area contributed by atoms with E-state index in [1.165, 1.54) is 39.9 Å². The van der Waals surface area contributed by atoms with Crippen molar-refractivity contribution in [3.8, 4) is 0 Å². The Labute approximate surface area is 167 Å². The molecule has 1 saturated heterocycles. The van der Waals surface area contributed by atoms with Crippen molar-refractivity contribution in [3.05, 3.63) is 34.3 Å². The average Bonchev–Trinajstić information content (AvgIpc) is 3.24. The highest BCUT2D eigenvalue weighted by molar-refractivity contribution is 7.89. The zero-order valence-electron chi connectivity index (χ0n) is 15.1. The number of nitrogens with zero attached hydrogens (tertiary/aromatic N) is 3. The second-order valence-electron chi connectivity index (χ2n) is 6.82. The maximum Gasteiger partial charge on any atom is 0.244 e. The molecule has 1 atom stereocenters. The molecule has 1 aromatic carbocycles. The van der Waals surface area contributed by atoms with E-state index in [0.29, 0.717) is 35.5 Å². The van der Waals surface area contributed by atoms with Gasteiger partial charge in [-0.2, -0.15) is 4.31 Å². The first kappa shape index (κ1) is 20.2. The van der Waals surface area contributed by atoms with Crippen LogP contribution in [0.5, 0.6) is 0 Å². The summed E-state index contributed by atoms with van der Waals surface area (Å²) in [5.41, 5.74) is 0. The van der Waals surface area contributed by atoms with Gasteiger partial charge in [-0.15, -0.1) is 10.2 Å². The van der Waals surface area contributed by atoms with E-state index < -0.39 is 16.1 Å². The summed E-state index contributed by atoms with van der Waals surface area (Å²) < 4.78 is 27.1. The molecule has 0 spiro atoms. The fourth-order valence-corrected chi connectivity index (χ4v) is 5.69. The van der Waals surface area contributed by atoms with Gasteiger partial charge in [-0.25, -0.2) is 8.42 Å². The summed E-state index contributed by atoms with van der Waals surface area (Å²) in [6.07, 6.45) is 1.88. The number of benzene rings is 1. The lowest BCUT2D eigenvalue weighted by Gasteiger charge is -2.23. The number of anilines is 1. The van der Waals surface area contributed by atoms with Crippen LogP contribution in [0.15, 0.2) is 29.2 Å². The topological polar surface area (TPSA) is 92.3 Å². The molecular weight excluding hydrogens is 408 g/mol. The summed E-state index contributed by atoms with van der Waals surface area (Å²) in [7, 11) is -3.77. The molecular formula is C17H21ClN4O3S2. The number of carbonyl (C=O) groups excluding carboxylic acids is 1. The van der Waals surface area contributed by atoms with E-state index in [2.05, 4.69) is 29.4 Å². The second-order valence-corrected chi connectivity index (χ2v) is 10.2. The Hall–Kier alpha value is -1.55. The highest BCUT2D eigenvalue weighted by atomic mass is 35.5. The standard InChI is InChI=1S/C17H21ClN4O3S2/c1-11(2)10-15-20-21-17(26-15)19-16(23)14-4-3-9-22(14)27(24,25)13-7-5-12(18)6-8-13/h5-8,11,14H,3-4,9-10H2,1-2H3,(H,19,21,23)/t14-/m0/s1. The minimum Gasteiger partial charge on any atom is -0.299 e. The van der Waals surface area contributed by atoms with E-state index in [1.54, 1.807) is 0 Å². The van der Waals surface area contributed by atoms with Crippen LogP contribution < -0.4 is 5.32 Å². The van der Waals surface area contributed by atoms with Gasteiger partial charge in [0, 0.05) is 18.0 Å². The number of aromatic nitrogens is 2. The highest BCUT2D eigenvalue weighted by Gasteiger charge is 2.39. The summed E-state index contributed by atoms with van der Waals surface area (Å²) >= 11 is 7.16. The quantitative estimate of drug-likeness (QED) is 0.762. The molecule has 1 amide bonds. The van der Waals surface area contributed by atoms with Gasteiger partial charge in [-0.3, -0.25) is 10.1 Å². The van der Waals surface area contributed by atoms with Gasteiger partial charge in [0.05, 0.1) is 4.90 Å². The predicted octanol–water partition coefficient (Wildman–Crippen LogP) is 3.18. The van der Waals surface area contributed by atoms with Crippen molar-refractivity contribution < 1.29 is 13.2 Å². The lowest BCUT2D eigenvalue weighted by Crippen LogP contribution is -2.43. The maximum absolute atomic E-state index is 12.9. The van der Waals surface area contributed by atoms with Crippen LogP contribution in [-0.4, -0.2) is 41.4 Å². The number of hydrogen-bond acceptors (Lipinski definition) is 6. The number of amides is 1. The van der Waals surface area contributed by atoms with Crippen LogP contribution in [0, 0.1) is 5.92 Å². The van der Waals surface area contributed by atoms with E-state index in [1.807, 2.05) is 0 Å². The molecule has 1 fully saturated rings. The van der Waals surface area contributed by atoms with Crippen molar-refractivity contribution >= 4 is 44.0 Å². The van der Waals surface area contributed by atoms with Crippen molar-refractivity contribution in [1.82, 2.24) is 14.5 Å². The van der Waals surface area contributed by atoms with Crippen LogP contribution in [0.1, 0.15) is 31.7 Å². The molecule has 27 heavy (non-hydrogen) atoms. The summed E-state index contributed by atoms with van der Waals surface area (Å²) in [5.74, 6) is 0.0635. The Morgan fingerprint density at radius 1 is 1.33 bits per heavy atom. The summed E-state index contributed by atoms with van der Waals surface area (Å²) in [6.45, 7) is 4.47. The molecule has 0 unspecified atom stereocenters. The summed E-state index contributed by atoms with van der Waals surface area (Å²) in [4.78, 5) is 12.8. The minimum absolute atomic E-state index is 0.127. The van der Waals surface area contributed by atoms with Crippen molar-refractivity contribution in [2.75, 3.05) is 11.9 Å². The first-order valence-electron chi connectivity index (χ1n) is 8.68. The SMILES string of the molecule is CC(C)Cc1nnc(NC(=O)[C@@H]2CCCN2S(=O)(=O)c2ccc(Cl)cc2)s1. The van der Waals surface area contributed by atoms with Crippen LogP contribution in [0.2, 0.25) is 5.02 Å². The monoisotopic (exact) mass is 428 g/mol. The molecule has 146 valence electrons. The van der Waals surface area contributed by atoms with Crippen LogP contribution in [0.25, 0.3) is 0 Å². The molecule has 1 aliphatic heterocycles. The molecule has 2 aromatic rings. The number of halogens is 1. The van der Waals surface area contributed by atoms with Crippen molar-refractivity contribution in [2.24, 2.45) is 5.92 Å². The lowest BCUT2D eigenvalue weighted by molar-refractivity contribution is -0.119. The zero-order valence-corrected chi connectivity index (χ0v) is 17.4. The van der Waals surface area contributed by atoms with Gasteiger partial charge in [-0.05, 0) is 43.0 Å². The molecule has 0 radical (unpaired) electrons. The van der Waals surface area contributed by atoms with Gasteiger partial charge in [0.2, 0.25) is 21.1 Å². The fraction of sp³-hybridized carbons (Fsp3) is 0.471. The van der Waals surface area contributed by atoms with Crippen LogP contribution in [0.4, 0.5) is 5.13 Å². The van der Waals surface area contributed by atoms with Crippen LogP contribution in [-0.2, 0) is 21.2 Å². The third-order valence-electron chi connectivity index (χ3n) is 4.21. The first-order valence-corrected chi connectivity index (χ1v) is 11.3. The van der Waals surface area contributed by atoms with Gasteiger partial charge in [0.15, 0.2) is 0 Å². The molecule has 7 nitrogen and oxygen atoms in total. The average molecular weight is 429 g/mol. The smallest absolute Gasteiger partial charge is 0.244 e. The number of carbonyl (C=O) groups is 1. The molecule has 0 saturated carbocycles. The molecule has 2 heterocycles. The Morgan fingerprint density at radius 2 is 2.04 bits per heavy atom. The van der Waals surface area contributed by atoms with E-state index >= 15 is 0 Å². The molecule has 0 aliphatic carbocycles. The fourth-order valence-electron chi connectivity index (χ4n) is 2.96. The molecule has 3 rings (SSSR count). The minimum atomic E-state index is -3.77. The van der Waals surface area contributed by atoms with Crippen molar-refractivity contribution in [2.45, 2.75) is 44.0 Å². The van der Waals surface area contributed by atoms with Crippen LogP contribution >= 0.6 is 22.9 Å². The van der Waals surface area contributed by atoms with E-state index in [4.69, 9.17) is 11.6 Å². The molecule has 1 aromatic heterocycles. The summed E-state index contributed by atoms with van der Waals surface area (Å²) in [6, 6.07) is 5.19. The Morgan fingerprint density at radius 3 is 2.70 bits per heavy atom. The normalized spacial score (nSPS) is 18.1. The number of hydrogen-bond donors (Lipinski definition) is 1. The largest absolute Gasteiger partial charge is 0.299 e. The van der Waals surface area contributed by atoms with Gasteiger partial charge in [0.25, 0.3) is 0 Å². The number of nitrogens with one attached hydrogen (secondary N) is 1. The maximum atomic E-state index is 12.9. The van der Waals surface area contributed by atoms with Gasteiger partial charge in [-0.1, -0.05) is 36.8 Å². The van der Waals surface area contributed by atoms with Gasteiger partial charge >= 0.3 is 0 Å². The molecule has 1 aliphatic rings. The van der Waals surface area contributed by atoms with Crippen molar-refractivity contribution in [3.63, 3.8) is 0 Å². The van der Waals surface area contributed by atoms with E-state index in [0.717, 1.165) is 11.4 Å². The Bertz CT molecular complexity index is 913. The number of sulfonamides is 1. The molecule has 10 heteroatoms. The second kappa shape index (κ2) is 8.22. The Kier molecular flexibility index (Phi) is 6.15. The lowest BCUT2D eigenvalue weighted by atomic mass is 10.1. The summed E-state index contributed by atoms with van der Waals surface area (Å²) in [5, 5.41) is 12.5. The van der Waals surface area contributed by atoms with Crippen LogP contribution in [0.3, 0.4) is 0 Å². The predicted molar refractivity (Wildman–Crippen MR) is 105 cm³/mol. The highest BCUT2D eigenvalue weighted by Crippen LogP contribution is 2.28. The van der Waals surface area contributed by atoms with E-state index in [-0.39, 0.29) is 10.8 Å². The first-order chi connectivity index (χ1) is 12.8. The number of rotatable bonds is 6. The Balaban J connectivity index is 1.74. The van der Waals surface area contributed by atoms with Gasteiger partial charge in [0.1, 0.15) is 11.0 Å². The third kappa shape index (κ3) is 4.66. The third-order valence-corrected chi connectivity index (χ3v) is 7.24. The molecule has 1 N–H and O–H groups in total. The van der Waals surface area contributed by atoms with Crippen molar-refractivity contribution in [1.29, 1.82) is 0 Å². The zero-order chi connectivity index (χ0) is 19.6. The molecule has 0 bridgehead atoms. The van der Waals surface area contributed by atoms with Gasteiger partial charge < -0.3 is 0 Å². The van der Waals surface area contributed by atoms with E-state index in [9.17, 15) is 13.2 Å².